The van der Waals surface area contributed by atoms with Crippen molar-refractivity contribution >= 4 is 5.69 Å². The summed E-state index contributed by atoms with van der Waals surface area (Å²) in [6.07, 6.45) is 1.87. The zero-order valence-corrected chi connectivity index (χ0v) is 11.9. The van der Waals surface area contributed by atoms with E-state index in [0.29, 0.717) is 0 Å². The van der Waals surface area contributed by atoms with Crippen molar-refractivity contribution in [3.05, 3.63) is 59.4 Å². The SMILES string of the molecule is CNCc1cc(N(C)Cc2cccc(C)c2)ccn1. The average Bonchev–Trinajstić information content (AvgIpc) is 2.39. The molecule has 0 saturated heterocycles. The van der Waals surface area contributed by atoms with E-state index in [4.69, 9.17) is 0 Å². The summed E-state index contributed by atoms with van der Waals surface area (Å²) >= 11 is 0. The third kappa shape index (κ3) is 3.80. The fourth-order valence-corrected chi connectivity index (χ4v) is 2.16. The van der Waals surface area contributed by atoms with Gasteiger partial charge < -0.3 is 10.2 Å². The lowest BCUT2D eigenvalue weighted by Gasteiger charge is -2.20. The summed E-state index contributed by atoms with van der Waals surface area (Å²) in [5.74, 6) is 0. The summed E-state index contributed by atoms with van der Waals surface area (Å²) in [4.78, 5) is 6.59. The van der Waals surface area contributed by atoms with Gasteiger partial charge in [-0.2, -0.15) is 0 Å². The van der Waals surface area contributed by atoms with Crippen LogP contribution in [0, 0.1) is 6.92 Å². The molecule has 0 aliphatic heterocycles. The molecule has 3 heteroatoms. The maximum absolute atomic E-state index is 4.34. The van der Waals surface area contributed by atoms with Crippen molar-refractivity contribution in [2.75, 3.05) is 19.0 Å². The Hall–Kier alpha value is -1.87. The number of aromatic nitrogens is 1. The summed E-state index contributed by atoms with van der Waals surface area (Å²) in [7, 11) is 4.05. The number of nitrogens with zero attached hydrogens (tertiary/aromatic N) is 2. The topological polar surface area (TPSA) is 28.2 Å². The van der Waals surface area contributed by atoms with Crippen molar-refractivity contribution in [3.8, 4) is 0 Å². The standard InChI is InChI=1S/C16H21N3/c1-13-5-4-6-14(9-13)12-19(3)16-7-8-18-15(10-16)11-17-2/h4-10,17H,11-12H2,1-3H3. The molecule has 100 valence electrons. The van der Waals surface area contributed by atoms with Gasteiger partial charge in [0, 0.05) is 32.0 Å². The quantitative estimate of drug-likeness (QED) is 0.890. The third-order valence-corrected chi connectivity index (χ3v) is 3.10. The van der Waals surface area contributed by atoms with Gasteiger partial charge in [0.15, 0.2) is 0 Å². The second-order valence-electron chi connectivity index (χ2n) is 4.88. The van der Waals surface area contributed by atoms with Crippen molar-refractivity contribution in [1.29, 1.82) is 0 Å². The molecule has 1 heterocycles. The normalized spacial score (nSPS) is 10.5. The maximum Gasteiger partial charge on any atom is 0.0562 e. The van der Waals surface area contributed by atoms with Gasteiger partial charge in [0.25, 0.3) is 0 Å². The van der Waals surface area contributed by atoms with Crippen LogP contribution in [0.5, 0.6) is 0 Å². The highest BCUT2D eigenvalue weighted by molar-refractivity contribution is 5.46. The van der Waals surface area contributed by atoms with E-state index >= 15 is 0 Å². The van der Waals surface area contributed by atoms with E-state index in [1.165, 1.54) is 16.8 Å². The monoisotopic (exact) mass is 255 g/mol. The van der Waals surface area contributed by atoms with Crippen LogP contribution >= 0.6 is 0 Å². The molecule has 0 aliphatic rings. The predicted octanol–water partition coefficient (Wildman–Crippen LogP) is 2.75. The molecule has 0 saturated carbocycles. The summed E-state index contributed by atoms with van der Waals surface area (Å²) in [6.45, 7) is 3.83. The lowest BCUT2D eigenvalue weighted by atomic mass is 10.1. The fourth-order valence-electron chi connectivity index (χ4n) is 2.16. The zero-order valence-electron chi connectivity index (χ0n) is 11.9. The minimum Gasteiger partial charge on any atom is -0.370 e. The Morgan fingerprint density at radius 2 is 2.05 bits per heavy atom. The van der Waals surface area contributed by atoms with Crippen LogP contribution in [0.15, 0.2) is 42.6 Å². The van der Waals surface area contributed by atoms with E-state index < -0.39 is 0 Å². The van der Waals surface area contributed by atoms with Crippen molar-refractivity contribution in [2.45, 2.75) is 20.0 Å². The van der Waals surface area contributed by atoms with E-state index in [-0.39, 0.29) is 0 Å². The Bertz CT molecular complexity index is 537. The van der Waals surface area contributed by atoms with Crippen LogP contribution in [0.2, 0.25) is 0 Å². The van der Waals surface area contributed by atoms with Crippen LogP contribution in [0.3, 0.4) is 0 Å². The Morgan fingerprint density at radius 1 is 1.21 bits per heavy atom. The number of hydrogen-bond donors (Lipinski definition) is 1. The zero-order chi connectivity index (χ0) is 13.7. The molecular formula is C16H21N3. The van der Waals surface area contributed by atoms with Gasteiger partial charge in [-0.25, -0.2) is 0 Å². The molecule has 0 aliphatic carbocycles. The van der Waals surface area contributed by atoms with Gasteiger partial charge in [0.05, 0.1) is 5.69 Å². The second-order valence-corrected chi connectivity index (χ2v) is 4.88. The van der Waals surface area contributed by atoms with E-state index in [2.05, 4.69) is 65.6 Å². The maximum atomic E-state index is 4.34. The van der Waals surface area contributed by atoms with Crippen molar-refractivity contribution in [2.24, 2.45) is 0 Å². The molecule has 0 unspecified atom stereocenters. The Morgan fingerprint density at radius 3 is 2.79 bits per heavy atom. The van der Waals surface area contributed by atoms with Crippen LogP contribution in [-0.4, -0.2) is 19.1 Å². The van der Waals surface area contributed by atoms with E-state index in [1.807, 2.05) is 13.2 Å². The number of pyridine rings is 1. The highest BCUT2D eigenvalue weighted by Gasteiger charge is 2.04. The molecule has 1 aromatic carbocycles. The molecule has 2 aromatic rings. The molecular weight excluding hydrogens is 234 g/mol. The number of nitrogens with one attached hydrogen (secondary N) is 1. The molecule has 19 heavy (non-hydrogen) atoms. The number of benzene rings is 1. The summed E-state index contributed by atoms with van der Waals surface area (Å²) in [5, 5.41) is 3.13. The van der Waals surface area contributed by atoms with E-state index in [1.54, 1.807) is 0 Å². The minimum absolute atomic E-state index is 0.798. The molecule has 0 fully saturated rings. The molecule has 0 atom stereocenters. The number of aryl methyl sites for hydroxylation is 1. The Kier molecular flexibility index (Phi) is 4.53. The van der Waals surface area contributed by atoms with Gasteiger partial charge in [0.1, 0.15) is 0 Å². The average molecular weight is 255 g/mol. The number of anilines is 1. The number of hydrogen-bond acceptors (Lipinski definition) is 3. The smallest absolute Gasteiger partial charge is 0.0562 e. The third-order valence-electron chi connectivity index (χ3n) is 3.10. The van der Waals surface area contributed by atoms with Crippen molar-refractivity contribution in [1.82, 2.24) is 10.3 Å². The van der Waals surface area contributed by atoms with E-state index in [9.17, 15) is 0 Å². The first kappa shape index (κ1) is 13.6. The Labute approximate surface area is 115 Å². The van der Waals surface area contributed by atoms with Gasteiger partial charge in [-0.1, -0.05) is 29.8 Å². The van der Waals surface area contributed by atoms with Crippen LogP contribution in [0.1, 0.15) is 16.8 Å². The lowest BCUT2D eigenvalue weighted by molar-refractivity contribution is 0.788. The van der Waals surface area contributed by atoms with E-state index in [0.717, 1.165) is 18.8 Å². The predicted molar refractivity (Wildman–Crippen MR) is 80.3 cm³/mol. The molecule has 2 rings (SSSR count). The summed E-state index contributed by atoms with van der Waals surface area (Å²) < 4.78 is 0. The fraction of sp³-hybridized carbons (Fsp3) is 0.312. The molecule has 0 bridgehead atoms. The molecule has 0 radical (unpaired) electrons. The first-order valence-corrected chi connectivity index (χ1v) is 6.55. The van der Waals surface area contributed by atoms with Crippen molar-refractivity contribution in [3.63, 3.8) is 0 Å². The second kappa shape index (κ2) is 6.34. The molecule has 1 aromatic heterocycles. The first-order chi connectivity index (χ1) is 9.19. The van der Waals surface area contributed by atoms with Crippen LogP contribution in [0.25, 0.3) is 0 Å². The molecule has 0 spiro atoms. The summed E-state index contributed by atoms with van der Waals surface area (Å²) in [6, 6.07) is 12.8. The Balaban J connectivity index is 2.11. The van der Waals surface area contributed by atoms with Crippen LogP contribution in [-0.2, 0) is 13.1 Å². The van der Waals surface area contributed by atoms with Crippen LogP contribution in [0.4, 0.5) is 5.69 Å². The highest BCUT2D eigenvalue weighted by atomic mass is 15.1. The van der Waals surface area contributed by atoms with Gasteiger partial charge in [-0.3, -0.25) is 4.98 Å². The van der Waals surface area contributed by atoms with Gasteiger partial charge >= 0.3 is 0 Å². The van der Waals surface area contributed by atoms with Gasteiger partial charge in [-0.15, -0.1) is 0 Å². The molecule has 3 nitrogen and oxygen atoms in total. The minimum atomic E-state index is 0.798. The molecule has 0 amide bonds. The first-order valence-electron chi connectivity index (χ1n) is 6.55. The number of rotatable bonds is 5. The van der Waals surface area contributed by atoms with Gasteiger partial charge in [0.2, 0.25) is 0 Å². The lowest BCUT2D eigenvalue weighted by Crippen LogP contribution is -2.17. The van der Waals surface area contributed by atoms with Gasteiger partial charge in [-0.05, 0) is 31.7 Å². The molecule has 1 N–H and O–H groups in total. The summed E-state index contributed by atoms with van der Waals surface area (Å²) in [5.41, 5.74) is 4.89. The largest absolute Gasteiger partial charge is 0.370 e. The van der Waals surface area contributed by atoms with Crippen molar-refractivity contribution < 1.29 is 0 Å². The highest BCUT2D eigenvalue weighted by Crippen LogP contribution is 2.16. The van der Waals surface area contributed by atoms with Crippen LogP contribution < -0.4 is 10.2 Å².